The Morgan fingerprint density at radius 1 is 1.64 bits per heavy atom. The molecule has 0 fully saturated rings. The minimum absolute atomic E-state index is 0.0760. The topological polar surface area (TPSA) is 51.2 Å². The fourth-order valence-electron chi connectivity index (χ4n) is 0.842. The van der Waals surface area contributed by atoms with Gasteiger partial charge >= 0.3 is 0 Å². The van der Waals surface area contributed by atoms with Crippen molar-refractivity contribution in [2.45, 2.75) is 6.92 Å². The van der Waals surface area contributed by atoms with Crippen molar-refractivity contribution in [2.75, 3.05) is 18.5 Å². The van der Waals surface area contributed by atoms with Crippen LogP contribution in [0.15, 0.2) is 22.9 Å². The molecule has 5 heteroatoms. The molecule has 0 aliphatic carbocycles. The molecule has 14 heavy (non-hydrogen) atoms. The first kappa shape index (κ1) is 11.1. The van der Waals surface area contributed by atoms with Gasteiger partial charge < -0.3 is 10.1 Å². The van der Waals surface area contributed by atoms with Crippen molar-refractivity contribution in [3.63, 3.8) is 0 Å². The molecule has 0 atom stereocenters. The zero-order valence-corrected chi connectivity index (χ0v) is 9.37. The summed E-state index contributed by atoms with van der Waals surface area (Å²) in [5, 5.41) is 2.66. The van der Waals surface area contributed by atoms with Crippen LogP contribution in [0.3, 0.4) is 0 Å². The largest absolute Gasteiger partial charge is 0.372 e. The summed E-state index contributed by atoms with van der Waals surface area (Å²) in [6.07, 6.45) is 1.58. The van der Waals surface area contributed by atoms with Crippen molar-refractivity contribution < 1.29 is 9.53 Å². The van der Waals surface area contributed by atoms with E-state index in [1.54, 1.807) is 18.3 Å². The minimum Gasteiger partial charge on any atom is -0.372 e. The molecular weight excluding hydrogens is 248 g/mol. The van der Waals surface area contributed by atoms with Crippen LogP contribution in [0.2, 0.25) is 0 Å². The summed E-state index contributed by atoms with van der Waals surface area (Å²) in [5.41, 5.74) is 0.665. The Hall–Kier alpha value is -0.940. The molecule has 0 aliphatic rings. The third-order valence-corrected chi connectivity index (χ3v) is 1.92. The third-order valence-electron chi connectivity index (χ3n) is 1.45. The van der Waals surface area contributed by atoms with Gasteiger partial charge in [-0.05, 0) is 35.0 Å². The second kappa shape index (κ2) is 5.72. The van der Waals surface area contributed by atoms with Gasteiger partial charge in [0.25, 0.3) is 0 Å². The van der Waals surface area contributed by atoms with Gasteiger partial charge in [-0.3, -0.25) is 4.79 Å². The SMILES string of the molecule is CCOCC(=O)Nc1ccc(Br)nc1. The van der Waals surface area contributed by atoms with Crippen molar-refractivity contribution >= 4 is 27.5 Å². The zero-order valence-electron chi connectivity index (χ0n) is 7.79. The van der Waals surface area contributed by atoms with Crippen LogP contribution in [-0.4, -0.2) is 24.1 Å². The summed E-state index contributed by atoms with van der Waals surface area (Å²) < 4.78 is 5.69. The zero-order chi connectivity index (χ0) is 10.4. The number of carbonyl (C=O) groups excluding carboxylic acids is 1. The lowest BCUT2D eigenvalue weighted by Gasteiger charge is -2.04. The van der Waals surface area contributed by atoms with Crippen LogP contribution in [0.5, 0.6) is 0 Å². The first-order valence-electron chi connectivity index (χ1n) is 4.21. The molecule has 0 unspecified atom stereocenters. The van der Waals surface area contributed by atoms with Crippen LogP contribution < -0.4 is 5.32 Å². The smallest absolute Gasteiger partial charge is 0.250 e. The van der Waals surface area contributed by atoms with Crippen LogP contribution in [-0.2, 0) is 9.53 Å². The van der Waals surface area contributed by atoms with E-state index in [9.17, 15) is 4.79 Å². The molecule has 1 aromatic heterocycles. The highest BCUT2D eigenvalue weighted by molar-refractivity contribution is 9.10. The molecule has 0 spiro atoms. The average molecular weight is 259 g/mol. The van der Waals surface area contributed by atoms with Crippen molar-refractivity contribution in [3.8, 4) is 0 Å². The average Bonchev–Trinajstić information content (AvgIpc) is 2.18. The third kappa shape index (κ3) is 3.85. The normalized spacial score (nSPS) is 9.86. The summed E-state index contributed by atoms with van der Waals surface area (Å²) in [6.45, 7) is 2.45. The number of anilines is 1. The Morgan fingerprint density at radius 3 is 3.00 bits per heavy atom. The summed E-state index contributed by atoms with van der Waals surface area (Å²) >= 11 is 3.21. The first-order chi connectivity index (χ1) is 6.72. The fraction of sp³-hybridized carbons (Fsp3) is 0.333. The molecule has 76 valence electrons. The van der Waals surface area contributed by atoms with Crippen molar-refractivity contribution in [1.82, 2.24) is 4.98 Å². The molecule has 4 nitrogen and oxygen atoms in total. The fourth-order valence-corrected chi connectivity index (χ4v) is 1.08. The maximum absolute atomic E-state index is 11.2. The van der Waals surface area contributed by atoms with Crippen molar-refractivity contribution in [1.29, 1.82) is 0 Å². The van der Waals surface area contributed by atoms with Crippen LogP contribution in [0.4, 0.5) is 5.69 Å². The van der Waals surface area contributed by atoms with Gasteiger partial charge in [0.15, 0.2) is 0 Å². The molecule has 0 radical (unpaired) electrons. The maximum Gasteiger partial charge on any atom is 0.250 e. The standard InChI is InChI=1S/C9H11BrN2O2/c1-2-14-6-9(13)12-7-3-4-8(10)11-5-7/h3-5H,2,6H2,1H3,(H,12,13). The van der Waals surface area contributed by atoms with Crippen LogP contribution in [0.1, 0.15) is 6.92 Å². The molecular formula is C9H11BrN2O2. The molecule has 0 saturated heterocycles. The van der Waals surface area contributed by atoms with Gasteiger partial charge in [-0.15, -0.1) is 0 Å². The van der Waals surface area contributed by atoms with E-state index < -0.39 is 0 Å². The van der Waals surface area contributed by atoms with E-state index in [0.717, 1.165) is 4.60 Å². The molecule has 1 rings (SSSR count). The number of rotatable bonds is 4. The monoisotopic (exact) mass is 258 g/mol. The van der Waals surface area contributed by atoms with Crippen LogP contribution in [0.25, 0.3) is 0 Å². The highest BCUT2D eigenvalue weighted by Gasteiger charge is 2.01. The molecule has 0 aliphatic heterocycles. The van der Waals surface area contributed by atoms with Crippen LogP contribution >= 0.6 is 15.9 Å². The van der Waals surface area contributed by atoms with Crippen LogP contribution in [0, 0.1) is 0 Å². The lowest BCUT2D eigenvalue weighted by Crippen LogP contribution is -2.18. The molecule has 0 aromatic carbocycles. The molecule has 0 bridgehead atoms. The van der Waals surface area contributed by atoms with E-state index in [4.69, 9.17) is 4.74 Å². The number of nitrogens with one attached hydrogen (secondary N) is 1. The number of hydrogen-bond acceptors (Lipinski definition) is 3. The van der Waals surface area contributed by atoms with Crippen molar-refractivity contribution in [3.05, 3.63) is 22.9 Å². The van der Waals surface area contributed by atoms with Gasteiger partial charge in [-0.1, -0.05) is 0 Å². The highest BCUT2D eigenvalue weighted by atomic mass is 79.9. The van der Waals surface area contributed by atoms with E-state index in [2.05, 4.69) is 26.2 Å². The summed E-state index contributed by atoms with van der Waals surface area (Å²) in [6, 6.07) is 3.53. The Bertz CT molecular complexity index is 300. The Kier molecular flexibility index (Phi) is 4.55. The maximum atomic E-state index is 11.2. The second-order valence-electron chi connectivity index (χ2n) is 2.55. The Balaban J connectivity index is 2.44. The number of pyridine rings is 1. The van der Waals surface area contributed by atoms with Gasteiger partial charge in [-0.25, -0.2) is 4.98 Å². The number of carbonyl (C=O) groups is 1. The first-order valence-corrected chi connectivity index (χ1v) is 5.01. The minimum atomic E-state index is -0.170. The predicted molar refractivity (Wildman–Crippen MR) is 57.1 cm³/mol. The number of ether oxygens (including phenoxy) is 1. The Labute approximate surface area is 90.8 Å². The second-order valence-corrected chi connectivity index (χ2v) is 3.37. The van der Waals surface area contributed by atoms with E-state index in [0.29, 0.717) is 12.3 Å². The predicted octanol–water partition coefficient (Wildman–Crippen LogP) is 1.82. The van der Waals surface area contributed by atoms with E-state index in [1.165, 1.54) is 0 Å². The number of halogens is 1. The molecule has 1 aromatic rings. The number of aromatic nitrogens is 1. The number of hydrogen-bond donors (Lipinski definition) is 1. The lowest BCUT2D eigenvalue weighted by atomic mass is 10.4. The summed E-state index contributed by atoms with van der Waals surface area (Å²) in [7, 11) is 0. The Morgan fingerprint density at radius 2 is 2.43 bits per heavy atom. The highest BCUT2D eigenvalue weighted by Crippen LogP contribution is 2.09. The van der Waals surface area contributed by atoms with Gasteiger partial charge in [0.1, 0.15) is 11.2 Å². The molecule has 1 N–H and O–H groups in total. The van der Waals surface area contributed by atoms with Gasteiger partial charge in [0.05, 0.1) is 11.9 Å². The lowest BCUT2D eigenvalue weighted by molar-refractivity contribution is -0.120. The summed E-state index contributed by atoms with van der Waals surface area (Å²) in [5.74, 6) is -0.170. The summed E-state index contributed by atoms with van der Waals surface area (Å²) in [4.78, 5) is 15.2. The van der Waals surface area contributed by atoms with Gasteiger partial charge in [0.2, 0.25) is 5.91 Å². The molecule has 1 heterocycles. The van der Waals surface area contributed by atoms with E-state index >= 15 is 0 Å². The van der Waals surface area contributed by atoms with Gasteiger partial charge in [-0.2, -0.15) is 0 Å². The van der Waals surface area contributed by atoms with E-state index in [1.807, 2.05) is 6.92 Å². The number of nitrogens with zero attached hydrogens (tertiary/aromatic N) is 1. The molecule has 0 saturated carbocycles. The van der Waals surface area contributed by atoms with E-state index in [-0.39, 0.29) is 12.5 Å². The quantitative estimate of drug-likeness (QED) is 0.839. The molecule has 1 amide bonds. The number of amides is 1. The van der Waals surface area contributed by atoms with Crippen molar-refractivity contribution in [2.24, 2.45) is 0 Å². The van der Waals surface area contributed by atoms with Gasteiger partial charge in [0, 0.05) is 6.61 Å².